The second-order valence-electron chi connectivity index (χ2n) is 8.24. The number of piperazine rings is 1. The summed E-state index contributed by atoms with van der Waals surface area (Å²) in [7, 11) is -3.52. The van der Waals surface area contributed by atoms with Crippen LogP contribution in [0.5, 0.6) is 0 Å². The van der Waals surface area contributed by atoms with Crippen molar-refractivity contribution in [2.45, 2.75) is 44.0 Å². The van der Waals surface area contributed by atoms with E-state index in [2.05, 4.69) is 11.4 Å². The molecule has 2 N–H and O–H groups in total. The number of amides is 1. The molecule has 0 radical (unpaired) electrons. The third-order valence-corrected chi connectivity index (χ3v) is 7.87. The Labute approximate surface area is 167 Å². The summed E-state index contributed by atoms with van der Waals surface area (Å²) in [6.07, 6.45) is 1.96. The van der Waals surface area contributed by atoms with Gasteiger partial charge in [-0.25, -0.2) is 8.42 Å². The summed E-state index contributed by atoms with van der Waals surface area (Å²) in [5.41, 5.74) is 1.00. The highest BCUT2D eigenvalue weighted by atomic mass is 32.2. The molecule has 1 heterocycles. The Bertz CT molecular complexity index is 897. The minimum absolute atomic E-state index is 0.142. The molecule has 1 aromatic carbocycles. The SMILES string of the molecule is Cc1ccc(S(=O)(=O)N2CC[NH+](CC(=O)N[C@@](C)(C#N)C3CC3)CC2)c(C)c1. The van der Waals surface area contributed by atoms with Crippen LogP contribution in [0.2, 0.25) is 0 Å². The van der Waals surface area contributed by atoms with Gasteiger partial charge in [-0.2, -0.15) is 9.57 Å². The first-order valence-electron chi connectivity index (χ1n) is 9.79. The van der Waals surface area contributed by atoms with Crippen molar-refractivity contribution in [2.24, 2.45) is 5.92 Å². The smallest absolute Gasteiger partial charge is 0.276 e. The van der Waals surface area contributed by atoms with Crippen molar-refractivity contribution >= 4 is 15.9 Å². The Morgan fingerprint density at radius 2 is 1.96 bits per heavy atom. The van der Waals surface area contributed by atoms with Crippen molar-refractivity contribution in [2.75, 3.05) is 32.7 Å². The third-order valence-electron chi connectivity index (χ3n) is 5.81. The van der Waals surface area contributed by atoms with Crippen molar-refractivity contribution in [1.29, 1.82) is 5.26 Å². The molecule has 1 amide bonds. The van der Waals surface area contributed by atoms with Crippen LogP contribution >= 0.6 is 0 Å². The fourth-order valence-corrected chi connectivity index (χ4v) is 5.54. The standard InChI is InChI=1S/C20H28N4O3S/c1-15-4-7-18(16(2)12-15)28(26,27)24-10-8-23(9-11-24)13-19(25)22-20(3,14-21)17-5-6-17/h4,7,12,17H,5-6,8-11,13H2,1-3H3,(H,22,25)/p+1/t20-/m0/s1. The fourth-order valence-electron chi connectivity index (χ4n) is 3.89. The summed E-state index contributed by atoms with van der Waals surface area (Å²) < 4.78 is 27.4. The number of aryl methyl sites for hydroxylation is 2. The molecule has 28 heavy (non-hydrogen) atoms. The first-order chi connectivity index (χ1) is 13.2. The van der Waals surface area contributed by atoms with Crippen LogP contribution in [0.1, 0.15) is 30.9 Å². The van der Waals surface area contributed by atoms with Crippen molar-refractivity contribution < 1.29 is 18.1 Å². The highest BCUT2D eigenvalue weighted by molar-refractivity contribution is 7.89. The monoisotopic (exact) mass is 405 g/mol. The maximum Gasteiger partial charge on any atom is 0.276 e. The normalized spacial score (nSPS) is 20.9. The lowest BCUT2D eigenvalue weighted by Crippen LogP contribution is -3.16. The topological polar surface area (TPSA) is 94.7 Å². The van der Waals surface area contributed by atoms with Crippen LogP contribution in [0.3, 0.4) is 0 Å². The number of nitriles is 1. The Balaban J connectivity index is 1.57. The Hall–Kier alpha value is -1.95. The molecule has 8 heteroatoms. The summed E-state index contributed by atoms with van der Waals surface area (Å²) in [5.74, 6) is 0.104. The van der Waals surface area contributed by atoms with Crippen molar-refractivity contribution in [1.82, 2.24) is 9.62 Å². The number of nitrogens with one attached hydrogen (secondary N) is 2. The number of rotatable bonds is 6. The van der Waals surface area contributed by atoms with E-state index in [1.165, 1.54) is 4.31 Å². The molecular weight excluding hydrogens is 376 g/mol. The molecule has 1 aliphatic carbocycles. The van der Waals surface area contributed by atoms with Crippen LogP contribution in [0.15, 0.2) is 23.1 Å². The molecule has 152 valence electrons. The van der Waals surface area contributed by atoms with Gasteiger partial charge < -0.3 is 10.2 Å². The summed E-state index contributed by atoms with van der Waals surface area (Å²) in [6, 6.07) is 7.60. The number of nitrogens with zero attached hydrogens (tertiary/aromatic N) is 2. The van der Waals surface area contributed by atoms with Gasteiger partial charge in [-0.1, -0.05) is 17.7 Å². The summed E-state index contributed by atoms with van der Waals surface area (Å²) in [4.78, 5) is 13.8. The number of sulfonamides is 1. The fraction of sp³-hybridized carbons (Fsp3) is 0.600. The van der Waals surface area contributed by atoms with Crippen molar-refractivity contribution in [3.8, 4) is 6.07 Å². The van der Waals surface area contributed by atoms with Gasteiger partial charge >= 0.3 is 0 Å². The van der Waals surface area contributed by atoms with E-state index in [0.717, 1.165) is 28.9 Å². The van der Waals surface area contributed by atoms with Crippen molar-refractivity contribution in [3.05, 3.63) is 29.3 Å². The predicted octanol–water partition coefficient (Wildman–Crippen LogP) is 0.00112. The molecule has 0 unspecified atom stereocenters. The number of benzene rings is 1. The lowest BCUT2D eigenvalue weighted by atomic mass is 9.98. The molecule has 0 spiro atoms. The second kappa shape index (κ2) is 7.82. The Kier molecular flexibility index (Phi) is 5.80. The third kappa shape index (κ3) is 4.37. The van der Waals surface area contributed by atoms with Gasteiger partial charge in [-0.15, -0.1) is 0 Å². The summed E-state index contributed by atoms with van der Waals surface area (Å²) >= 11 is 0. The van der Waals surface area contributed by atoms with Gasteiger partial charge in [0.1, 0.15) is 5.54 Å². The highest BCUT2D eigenvalue weighted by Gasteiger charge is 2.43. The van der Waals surface area contributed by atoms with Crippen LogP contribution in [-0.4, -0.2) is 56.9 Å². The molecule has 7 nitrogen and oxygen atoms in total. The predicted molar refractivity (Wildman–Crippen MR) is 105 cm³/mol. The van der Waals surface area contributed by atoms with E-state index in [9.17, 15) is 18.5 Å². The van der Waals surface area contributed by atoms with Gasteiger partial charge in [0.15, 0.2) is 6.54 Å². The zero-order chi connectivity index (χ0) is 20.5. The van der Waals surface area contributed by atoms with E-state index in [1.54, 1.807) is 13.0 Å². The lowest BCUT2D eigenvalue weighted by molar-refractivity contribution is -0.895. The first-order valence-corrected chi connectivity index (χ1v) is 11.2. The van der Waals surface area contributed by atoms with Crippen LogP contribution < -0.4 is 10.2 Å². The van der Waals surface area contributed by atoms with Crippen LogP contribution in [0.4, 0.5) is 0 Å². The maximum absolute atomic E-state index is 13.0. The molecule has 2 aliphatic rings. The van der Waals surface area contributed by atoms with Crippen LogP contribution in [-0.2, 0) is 14.8 Å². The number of carbonyl (C=O) groups excluding carboxylic acids is 1. The highest BCUT2D eigenvalue weighted by Crippen LogP contribution is 2.39. The average Bonchev–Trinajstić information content (AvgIpc) is 3.47. The molecule has 1 atom stereocenters. The van der Waals surface area contributed by atoms with E-state index in [4.69, 9.17) is 0 Å². The van der Waals surface area contributed by atoms with E-state index in [1.807, 2.05) is 26.0 Å². The minimum Gasteiger partial charge on any atom is -0.333 e. The van der Waals surface area contributed by atoms with E-state index in [0.29, 0.717) is 31.1 Å². The molecular formula is C20H29N4O3S+. The number of quaternary nitrogens is 1. The Morgan fingerprint density at radius 3 is 2.50 bits per heavy atom. The second-order valence-corrected chi connectivity index (χ2v) is 10.1. The molecule has 1 saturated carbocycles. The largest absolute Gasteiger partial charge is 0.333 e. The number of hydrogen-bond acceptors (Lipinski definition) is 4. The summed E-state index contributed by atoms with van der Waals surface area (Å²) in [5, 5.41) is 12.3. The zero-order valence-electron chi connectivity index (χ0n) is 16.8. The Morgan fingerprint density at radius 1 is 1.32 bits per heavy atom. The molecule has 3 rings (SSSR count). The molecule has 0 bridgehead atoms. The van der Waals surface area contributed by atoms with Crippen molar-refractivity contribution in [3.63, 3.8) is 0 Å². The minimum atomic E-state index is -3.52. The van der Waals surface area contributed by atoms with E-state index >= 15 is 0 Å². The van der Waals surface area contributed by atoms with E-state index < -0.39 is 15.6 Å². The molecule has 0 aromatic heterocycles. The van der Waals surface area contributed by atoms with E-state index in [-0.39, 0.29) is 18.4 Å². The van der Waals surface area contributed by atoms with Gasteiger partial charge in [0.2, 0.25) is 10.0 Å². The van der Waals surface area contributed by atoms with Gasteiger partial charge in [-0.05, 0) is 51.2 Å². The molecule has 2 fully saturated rings. The zero-order valence-corrected chi connectivity index (χ0v) is 17.6. The van der Waals surface area contributed by atoms with Gasteiger partial charge in [-0.3, -0.25) is 4.79 Å². The lowest BCUT2D eigenvalue weighted by Gasteiger charge is -2.32. The number of hydrogen-bond donors (Lipinski definition) is 2. The quantitative estimate of drug-likeness (QED) is 0.697. The number of carbonyl (C=O) groups is 1. The molecule has 1 aliphatic heterocycles. The van der Waals surface area contributed by atoms with Crippen LogP contribution in [0.25, 0.3) is 0 Å². The van der Waals surface area contributed by atoms with Crippen LogP contribution in [0, 0.1) is 31.1 Å². The first kappa shape index (κ1) is 20.8. The van der Waals surface area contributed by atoms with Gasteiger partial charge in [0.25, 0.3) is 5.91 Å². The molecule has 1 aromatic rings. The average molecular weight is 406 g/mol. The van der Waals surface area contributed by atoms with Gasteiger partial charge in [0, 0.05) is 0 Å². The molecule has 1 saturated heterocycles. The summed E-state index contributed by atoms with van der Waals surface area (Å²) in [6.45, 7) is 7.73. The maximum atomic E-state index is 13.0. The van der Waals surface area contributed by atoms with Gasteiger partial charge in [0.05, 0.1) is 37.1 Å².